The largest absolute Gasteiger partial charge is 0.416 e. The molecule has 156 valence electrons. The minimum absolute atomic E-state index is 0.539. The molecule has 0 aromatic heterocycles. The standard InChI is InChI=1S/C23H38F3N/c1-3-5-7-9-11-13-18-27(17-12-10-8-6-4-2)20-21-15-14-16-22(19-21)23(24,25)26/h14-16,19H,3-13,17-18,20H2,1-2H3. The topological polar surface area (TPSA) is 3.24 Å². The van der Waals surface area contributed by atoms with Crippen LogP contribution in [0.15, 0.2) is 24.3 Å². The number of benzene rings is 1. The molecule has 1 aromatic carbocycles. The summed E-state index contributed by atoms with van der Waals surface area (Å²) in [4.78, 5) is 2.35. The summed E-state index contributed by atoms with van der Waals surface area (Å²) in [5.74, 6) is 0. The van der Waals surface area contributed by atoms with Crippen LogP contribution in [0.2, 0.25) is 0 Å². The van der Waals surface area contributed by atoms with Crippen LogP contribution in [0.5, 0.6) is 0 Å². The van der Waals surface area contributed by atoms with Crippen LogP contribution >= 0.6 is 0 Å². The lowest BCUT2D eigenvalue weighted by Gasteiger charge is -2.23. The predicted octanol–water partition coefficient (Wildman–Crippen LogP) is 7.84. The van der Waals surface area contributed by atoms with Crippen molar-refractivity contribution in [1.82, 2.24) is 4.90 Å². The Kier molecular flexibility index (Phi) is 12.5. The second kappa shape index (κ2) is 14.0. The molecule has 0 radical (unpaired) electrons. The van der Waals surface area contributed by atoms with Crippen molar-refractivity contribution in [3.8, 4) is 0 Å². The van der Waals surface area contributed by atoms with Crippen LogP contribution < -0.4 is 0 Å². The maximum Gasteiger partial charge on any atom is 0.416 e. The highest BCUT2D eigenvalue weighted by Gasteiger charge is 2.30. The van der Waals surface area contributed by atoms with Gasteiger partial charge in [0.2, 0.25) is 0 Å². The smallest absolute Gasteiger partial charge is 0.299 e. The molecule has 0 saturated carbocycles. The highest BCUT2D eigenvalue weighted by molar-refractivity contribution is 5.25. The van der Waals surface area contributed by atoms with Crippen molar-refractivity contribution < 1.29 is 13.2 Å². The summed E-state index contributed by atoms with van der Waals surface area (Å²) in [6.07, 6.45) is 9.29. The molecular formula is C23H38F3N. The van der Waals surface area contributed by atoms with Crippen LogP contribution in [-0.2, 0) is 12.7 Å². The van der Waals surface area contributed by atoms with Gasteiger partial charge in [-0.15, -0.1) is 0 Å². The summed E-state index contributed by atoms with van der Waals surface area (Å²) in [5, 5.41) is 0. The molecule has 1 nitrogen and oxygen atoms in total. The summed E-state index contributed by atoms with van der Waals surface area (Å²) >= 11 is 0. The number of halogens is 3. The fourth-order valence-electron chi connectivity index (χ4n) is 3.43. The third-order valence-electron chi connectivity index (χ3n) is 5.07. The Morgan fingerprint density at radius 1 is 0.741 bits per heavy atom. The summed E-state index contributed by atoms with van der Waals surface area (Å²) in [5.41, 5.74) is 0.229. The molecular weight excluding hydrogens is 347 g/mol. The van der Waals surface area contributed by atoms with Gasteiger partial charge in [0.1, 0.15) is 0 Å². The highest BCUT2D eigenvalue weighted by atomic mass is 19.4. The van der Waals surface area contributed by atoms with E-state index in [1.54, 1.807) is 0 Å². The van der Waals surface area contributed by atoms with Gasteiger partial charge in [-0.05, 0) is 37.6 Å². The van der Waals surface area contributed by atoms with Crippen molar-refractivity contribution >= 4 is 0 Å². The Bertz CT molecular complexity index is 485. The van der Waals surface area contributed by atoms with E-state index in [-0.39, 0.29) is 0 Å². The molecule has 0 aliphatic heterocycles. The quantitative estimate of drug-likeness (QED) is 0.278. The molecule has 0 bridgehead atoms. The molecule has 27 heavy (non-hydrogen) atoms. The molecule has 4 heteroatoms. The maximum absolute atomic E-state index is 13.0. The van der Waals surface area contributed by atoms with Gasteiger partial charge in [0.15, 0.2) is 0 Å². The number of hydrogen-bond donors (Lipinski definition) is 0. The van der Waals surface area contributed by atoms with E-state index in [1.165, 1.54) is 69.9 Å². The minimum Gasteiger partial charge on any atom is -0.299 e. The summed E-state index contributed by atoms with van der Waals surface area (Å²) in [7, 11) is 0. The van der Waals surface area contributed by atoms with Gasteiger partial charge in [-0.3, -0.25) is 4.90 Å². The van der Waals surface area contributed by atoms with Gasteiger partial charge < -0.3 is 0 Å². The fraction of sp³-hybridized carbons (Fsp3) is 0.739. The molecule has 1 rings (SSSR count). The van der Waals surface area contributed by atoms with E-state index in [2.05, 4.69) is 18.7 Å². The SMILES string of the molecule is CCCCCCCCN(CCCCCCC)Cc1cccc(C(F)(F)F)c1. The van der Waals surface area contributed by atoms with E-state index in [1.807, 2.05) is 6.07 Å². The first-order chi connectivity index (χ1) is 13.0. The van der Waals surface area contributed by atoms with Gasteiger partial charge in [0, 0.05) is 6.54 Å². The van der Waals surface area contributed by atoms with E-state index in [9.17, 15) is 13.2 Å². The van der Waals surface area contributed by atoms with Gasteiger partial charge in [-0.2, -0.15) is 13.2 Å². The monoisotopic (exact) mass is 385 g/mol. The Labute approximate surface area is 164 Å². The Morgan fingerprint density at radius 2 is 1.26 bits per heavy atom. The first-order valence-corrected chi connectivity index (χ1v) is 10.9. The van der Waals surface area contributed by atoms with Crippen LogP contribution in [0.1, 0.15) is 95.6 Å². The molecule has 0 N–H and O–H groups in total. The molecule has 0 aliphatic carbocycles. The Balaban J connectivity index is 2.53. The molecule has 0 fully saturated rings. The Morgan fingerprint density at radius 3 is 1.78 bits per heavy atom. The third kappa shape index (κ3) is 11.4. The van der Waals surface area contributed by atoms with Crippen molar-refractivity contribution in [2.45, 2.75) is 97.2 Å². The van der Waals surface area contributed by atoms with Crippen LogP contribution in [0, 0.1) is 0 Å². The molecule has 0 amide bonds. The molecule has 0 aliphatic rings. The number of alkyl halides is 3. The lowest BCUT2D eigenvalue weighted by molar-refractivity contribution is -0.137. The predicted molar refractivity (Wildman–Crippen MR) is 109 cm³/mol. The van der Waals surface area contributed by atoms with Gasteiger partial charge in [0.25, 0.3) is 0 Å². The van der Waals surface area contributed by atoms with Crippen LogP contribution in [-0.4, -0.2) is 18.0 Å². The van der Waals surface area contributed by atoms with E-state index in [0.717, 1.165) is 37.6 Å². The van der Waals surface area contributed by atoms with Crippen LogP contribution in [0.25, 0.3) is 0 Å². The highest BCUT2D eigenvalue weighted by Crippen LogP contribution is 2.29. The third-order valence-corrected chi connectivity index (χ3v) is 5.07. The molecule has 0 heterocycles. The van der Waals surface area contributed by atoms with Gasteiger partial charge in [0.05, 0.1) is 5.56 Å². The van der Waals surface area contributed by atoms with E-state index < -0.39 is 11.7 Å². The van der Waals surface area contributed by atoms with Crippen LogP contribution in [0.3, 0.4) is 0 Å². The zero-order valence-electron chi connectivity index (χ0n) is 17.3. The zero-order valence-corrected chi connectivity index (χ0v) is 17.3. The number of unbranched alkanes of at least 4 members (excludes halogenated alkanes) is 9. The molecule has 0 spiro atoms. The van der Waals surface area contributed by atoms with Crippen molar-refractivity contribution in [3.63, 3.8) is 0 Å². The Hall–Kier alpha value is -1.03. The molecule has 0 atom stereocenters. The average Bonchev–Trinajstić information content (AvgIpc) is 2.63. The lowest BCUT2D eigenvalue weighted by Crippen LogP contribution is -2.26. The van der Waals surface area contributed by atoms with E-state index in [4.69, 9.17) is 0 Å². The van der Waals surface area contributed by atoms with Crippen molar-refractivity contribution in [1.29, 1.82) is 0 Å². The van der Waals surface area contributed by atoms with Gasteiger partial charge in [-0.1, -0.05) is 89.8 Å². The second-order valence-corrected chi connectivity index (χ2v) is 7.66. The van der Waals surface area contributed by atoms with Crippen LogP contribution in [0.4, 0.5) is 13.2 Å². The van der Waals surface area contributed by atoms with Gasteiger partial charge in [-0.25, -0.2) is 0 Å². The van der Waals surface area contributed by atoms with Crippen molar-refractivity contribution in [2.75, 3.05) is 13.1 Å². The number of rotatable bonds is 15. The first kappa shape index (κ1) is 24.0. The summed E-state index contributed by atoms with van der Waals surface area (Å²) in [6, 6.07) is 5.82. The van der Waals surface area contributed by atoms with E-state index >= 15 is 0 Å². The number of nitrogens with zero attached hydrogens (tertiary/aromatic N) is 1. The van der Waals surface area contributed by atoms with Crippen molar-refractivity contribution in [3.05, 3.63) is 35.4 Å². The molecule has 1 aromatic rings. The van der Waals surface area contributed by atoms with Gasteiger partial charge >= 0.3 is 6.18 Å². The summed E-state index contributed by atoms with van der Waals surface area (Å²) < 4.78 is 38.9. The zero-order chi connectivity index (χ0) is 20.0. The van der Waals surface area contributed by atoms with Crippen molar-refractivity contribution in [2.24, 2.45) is 0 Å². The minimum atomic E-state index is -4.26. The normalized spacial score (nSPS) is 12.1. The summed E-state index contributed by atoms with van der Waals surface area (Å²) in [6.45, 7) is 7.01. The number of hydrogen-bond acceptors (Lipinski definition) is 1. The molecule has 0 unspecified atom stereocenters. The lowest BCUT2D eigenvalue weighted by atomic mass is 10.1. The molecule has 0 saturated heterocycles. The van der Waals surface area contributed by atoms with E-state index in [0.29, 0.717) is 6.54 Å². The average molecular weight is 386 g/mol. The second-order valence-electron chi connectivity index (χ2n) is 7.66. The fourth-order valence-corrected chi connectivity index (χ4v) is 3.43. The maximum atomic E-state index is 13.0. The first-order valence-electron chi connectivity index (χ1n) is 10.9.